The summed E-state index contributed by atoms with van der Waals surface area (Å²) in [5.74, 6) is 2.13. The summed E-state index contributed by atoms with van der Waals surface area (Å²) < 4.78 is 16.2. The van der Waals surface area contributed by atoms with E-state index in [1.165, 1.54) is 5.56 Å². The fraction of sp³-hybridized carbons (Fsp3) is 0.368. The molecule has 0 fully saturated rings. The standard InChI is InChI=1S/C19H24ClNO3/c1-4-9-24-19-17(20)10-15(11-18(19)23-3)13-21-12-14-5-7-16(22-2)8-6-14/h5-8,10-11,21H,4,9,12-13H2,1-3H3. The molecular weight excluding hydrogens is 326 g/mol. The quantitative estimate of drug-likeness (QED) is 0.726. The van der Waals surface area contributed by atoms with Crippen LogP contribution in [0, 0.1) is 0 Å². The van der Waals surface area contributed by atoms with Crippen molar-refractivity contribution >= 4 is 11.6 Å². The van der Waals surface area contributed by atoms with Crippen LogP contribution in [0.3, 0.4) is 0 Å². The zero-order valence-corrected chi connectivity index (χ0v) is 15.2. The van der Waals surface area contributed by atoms with E-state index in [1.807, 2.05) is 36.4 Å². The van der Waals surface area contributed by atoms with Gasteiger partial charge in [-0.05, 0) is 41.8 Å². The molecule has 0 aliphatic rings. The molecule has 0 saturated carbocycles. The minimum absolute atomic E-state index is 0.573. The van der Waals surface area contributed by atoms with E-state index in [1.54, 1.807) is 14.2 Å². The average molecular weight is 350 g/mol. The topological polar surface area (TPSA) is 39.7 Å². The highest BCUT2D eigenvalue weighted by molar-refractivity contribution is 6.32. The fourth-order valence-electron chi connectivity index (χ4n) is 2.31. The van der Waals surface area contributed by atoms with Crippen LogP contribution in [-0.2, 0) is 13.1 Å². The van der Waals surface area contributed by atoms with E-state index in [9.17, 15) is 0 Å². The molecule has 1 N–H and O–H groups in total. The Labute approximate surface area is 148 Å². The highest BCUT2D eigenvalue weighted by Gasteiger charge is 2.11. The van der Waals surface area contributed by atoms with Crippen LogP contribution in [0.25, 0.3) is 0 Å². The smallest absolute Gasteiger partial charge is 0.179 e. The molecule has 2 rings (SSSR count). The van der Waals surface area contributed by atoms with Gasteiger partial charge in [0.15, 0.2) is 11.5 Å². The summed E-state index contributed by atoms with van der Waals surface area (Å²) in [6.45, 7) is 4.12. The summed E-state index contributed by atoms with van der Waals surface area (Å²) in [6, 6.07) is 11.9. The normalized spacial score (nSPS) is 10.5. The second-order valence-corrected chi connectivity index (χ2v) is 5.82. The molecule has 0 saturated heterocycles. The number of nitrogens with one attached hydrogen (secondary N) is 1. The Morgan fingerprint density at radius 2 is 1.67 bits per heavy atom. The molecule has 5 heteroatoms. The van der Waals surface area contributed by atoms with E-state index in [0.717, 1.165) is 24.3 Å². The van der Waals surface area contributed by atoms with Gasteiger partial charge in [-0.2, -0.15) is 0 Å². The van der Waals surface area contributed by atoms with Gasteiger partial charge in [0.1, 0.15) is 5.75 Å². The molecule has 0 aromatic heterocycles. The molecule has 2 aromatic rings. The molecule has 0 amide bonds. The van der Waals surface area contributed by atoms with E-state index in [2.05, 4.69) is 12.2 Å². The maximum absolute atomic E-state index is 6.33. The van der Waals surface area contributed by atoms with Gasteiger partial charge in [-0.3, -0.25) is 0 Å². The number of hydrogen-bond acceptors (Lipinski definition) is 4. The Morgan fingerprint density at radius 3 is 2.29 bits per heavy atom. The van der Waals surface area contributed by atoms with Crippen molar-refractivity contribution in [3.63, 3.8) is 0 Å². The van der Waals surface area contributed by atoms with E-state index in [0.29, 0.717) is 29.7 Å². The number of methoxy groups -OCH3 is 2. The molecule has 0 unspecified atom stereocenters. The lowest BCUT2D eigenvalue weighted by Crippen LogP contribution is -2.13. The van der Waals surface area contributed by atoms with Gasteiger partial charge in [-0.25, -0.2) is 0 Å². The van der Waals surface area contributed by atoms with Crippen molar-refractivity contribution in [3.8, 4) is 17.2 Å². The lowest BCUT2D eigenvalue weighted by Gasteiger charge is -2.14. The zero-order valence-electron chi connectivity index (χ0n) is 14.4. The van der Waals surface area contributed by atoms with Crippen LogP contribution in [0.5, 0.6) is 17.2 Å². The Morgan fingerprint density at radius 1 is 0.958 bits per heavy atom. The van der Waals surface area contributed by atoms with E-state index < -0.39 is 0 Å². The van der Waals surface area contributed by atoms with Gasteiger partial charge < -0.3 is 19.5 Å². The van der Waals surface area contributed by atoms with Crippen LogP contribution in [0.1, 0.15) is 24.5 Å². The van der Waals surface area contributed by atoms with Crippen LogP contribution < -0.4 is 19.5 Å². The third-order valence-electron chi connectivity index (χ3n) is 3.56. The molecule has 0 atom stereocenters. The van der Waals surface area contributed by atoms with Gasteiger partial charge in [0.25, 0.3) is 0 Å². The number of ether oxygens (including phenoxy) is 3. The van der Waals surface area contributed by atoms with Crippen LogP contribution >= 0.6 is 11.6 Å². The molecule has 0 heterocycles. The van der Waals surface area contributed by atoms with Crippen LogP contribution in [0.15, 0.2) is 36.4 Å². The van der Waals surface area contributed by atoms with Gasteiger partial charge in [-0.15, -0.1) is 0 Å². The SMILES string of the molecule is CCCOc1c(Cl)cc(CNCc2ccc(OC)cc2)cc1OC. The second-order valence-electron chi connectivity index (χ2n) is 5.41. The first-order valence-electron chi connectivity index (χ1n) is 8.00. The number of benzene rings is 2. The Hall–Kier alpha value is -1.91. The zero-order chi connectivity index (χ0) is 17.4. The molecule has 0 aliphatic carbocycles. The van der Waals surface area contributed by atoms with Crippen molar-refractivity contribution in [3.05, 3.63) is 52.5 Å². The monoisotopic (exact) mass is 349 g/mol. The first-order valence-corrected chi connectivity index (χ1v) is 8.38. The summed E-state index contributed by atoms with van der Waals surface area (Å²) in [6.07, 6.45) is 0.921. The lowest BCUT2D eigenvalue weighted by atomic mass is 10.1. The summed E-state index contributed by atoms with van der Waals surface area (Å²) in [4.78, 5) is 0. The van der Waals surface area contributed by atoms with Crippen molar-refractivity contribution in [1.29, 1.82) is 0 Å². The first-order chi connectivity index (χ1) is 11.7. The molecule has 0 bridgehead atoms. The minimum atomic E-state index is 0.573. The van der Waals surface area contributed by atoms with Crippen molar-refractivity contribution in [1.82, 2.24) is 5.32 Å². The lowest BCUT2D eigenvalue weighted by molar-refractivity contribution is 0.294. The minimum Gasteiger partial charge on any atom is -0.497 e. The first kappa shape index (κ1) is 18.4. The average Bonchev–Trinajstić information content (AvgIpc) is 2.61. The number of hydrogen-bond donors (Lipinski definition) is 1. The third-order valence-corrected chi connectivity index (χ3v) is 3.84. The Kier molecular flexibility index (Phi) is 7.22. The molecule has 24 heavy (non-hydrogen) atoms. The highest BCUT2D eigenvalue weighted by atomic mass is 35.5. The summed E-state index contributed by atoms with van der Waals surface area (Å²) >= 11 is 6.33. The van der Waals surface area contributed by atoms with Crippen LogP contribution in [0.4, 0.5) is 0 Å². The molecule has 0 radical (unpaired) electrons. The fourth-order valence-corrected chi connectivity index (χ4v) is 2.60. The van der Waals surface area contributed by atoms with Gasteiger partial charge in [0, 0.05) is 13.1 Å². The van der Waals surface area contributed by atoms with Gasteiger partial charge >= 0.3 is 0 Å². The molecule has 0 spiro atoms. The van der Waals surface area contributed by atoms with Crippen molar-refractivity contribution < 1.29 is 14.2 Å². The van der Waals surface area contributed by atoms with Gasteiger partial charge in [0.05, 0.1) is 25.8 Å². The molecule has 130 valence electrons. The van der Waals surface area contributed by atoms with Crippen molar-refractivity contribution in [2.24, 2.45) is 0 Å². The highest BCUT2D eigenvalue weighted by Crippen LogP contribution is 2.36. The maximum atomic E-state index is 6.33. The number of rotatable bonds is 9. The van der Waals surface area contributed by atoms with Gasteiger partial charge in [0.2, 0.25) is 0 Å². The van der Waals surface area contributed by atoms with Crippen molar-refractivity contribution in [2.75, 3.05) is 20.8 Å². The molecule has 2 aromatic carbocycles. The summed E-state index contributed by atoms with van der Waals surface area (Å²) in [5.41, 5.74) is 2.24. The van der Waals surface area contributed by atoms with E-state index in [-0.39, 0.29) is 0 Å². The predicted octanol–water partition coefficient (Wildman–Crippen LogP) is 4.44. The predicted molar refractivity (Wildman–Crippen MR) is 97.3 cm³/mol. The summed E-state index contributed by atoms with van der Waals surface area (Å²) in [7, 11) is 3.29. The summed E-state index contributed by atoms with van der Waals surface area (Å²) in [5, 5.41) is 3.97. The maximum Gasteiger partial charge on any atom is 0.179 e. The van der Waals surface area contributed by atoms with Crippen molar-refractivity contribution in [2.45, 2.75) is 26.4 Å². The molecule has 0 aliphatic heterocycles. The van der Waals surface area contributed by atoms with Crippen LogP contribution in [0.2, 0.25) is 5.02 Å². The largest absolute Gasteiger partial charge is 0.497 e. The van der Waals surface area contributed by atoms with E-state index >= 15 is 0 Å². The Balaban J connectivity index is 1.97. The van der Waals surface area contributed by atoms with Gasteiger partial charge in [-0.1, -0.05) is 30.7 Å². The Bertz CT molecular complexity index is 644. The third kappa shape index (κ3) is 5.05. The molecular formula is C19H24ClNO3. The second kappa shape index (κ2) is 9.40. The molecule has 4 nitrogen and oxygen atoms in total. The van der Waals surface area contributed by atoms with E-state index in [4.69, 9.17) is 25.8 Å². The van der Waals surface area contributed by atoms with Crippen LogP contribution in [-0.4, -0.2) is 20.8 Å². The number of halogens is 1.